The molecule has 2 N–H and O–H groups in total. The lowest BCUT2D eigenvalue weighted by molar-refractivity contribution is -0.132. The summed E-state index contributed by atoms with van der Waals surface area (Å²) in [6, 6.07) is 7.81. The minimum Gasteiger partial charge on any atom is -0.484 e. The minimum atomic E-state index is -0.0255. The van der Waals surface area contributed by atoms with Crippen molar-refractivity contribution in [1.29, 1.82) is 0 Å². The Morgan fingerprint density at radius 1 is 1.38 bits per heavy atom. The first-order chi connectivity index (χ1) is 9.40. The van der Waals surface area contributed by atoms with E-state index in [4.69, 9.17) is 10.5 Å². The molecule has 1 atom stereocenters. The number of carbonyl (C=O) groups excluding carboxylic acids is 1. The van der Waals surface area contributed by atoms with Crippen molar-refractivity contribution in [1.82, 2.24) is 4.90 Å². The SMILES string of the molecule is Cc1cccc(OCC(=O)N(C)CCC(N)C(C)C)c1.Cl. The molecule has 5 heteroatoms. The number of likely N-dealkylation sites (N-methyl/N-ethyl adjacent to an activating group) is 1. The molecule has 0 aliphatic carbocycles. The number of halogens is 1. The lowest BCUT2D eigenvalue weighted by atomic mass is 10.0. The highest BCUT2D eigenvalue weighted by atomic mass is 35.5. The molecule has 1 aromatic carbocycles. The standard InChI is InChI=1S/C16H26N2O2.ClH/c1-12(2)15(17)8-9-18(4)16(19)11-20-14-7-5-6-13(3)10-14;/h5-7,10,12,15H,8-9,11,17H2,1-4H3;1H. The minimum absolute atomic E-state index is 0. The third kappa shape index (κ3) is 7.34. The van der Waals surface area contributed by atoms with Gasteiger partial charge in [-0.3, -0.25) is 4.79 Å². The highest BCUT2D eigenvalue weighted by molar-refractivity contribution is 5.85. The van der Waals surface area contributed by atoms with Gasteiger partial charge in [0.25, 0.3) is 5.91 Å². The van der Waals surface area contributed by atoms with Gasteiger partial charge >= 0.3 is 0 Å². The highest BCUT2D eigenvalue weighted by Gasteiger charge is 2.13. The van der Waals surface area contributed by atoms with Crippen LogP contribution in [0.15, 0.2) is 24.3 Å². The van der Waals surface area contributed by atoms with E-state index in [2.05, 4.69) is 13.8 Å². The van der Waals surface area contributed by atoms with Gasteiger partial charge in [-0.1, -0.05) is 26.0 Å². The lowest BCUT2D eigenvalue weighted by Crippen LogP contribution is -2.36. The molecule has 1 unspecified atom stereocenters. The average Bonchev–Trinajstić information content (AvgIpc) is 2.41. The van der Waals surface area contributed by atoms with E-state index in [1.165, 1.54) is 0 Å². The van der Waals surface area contributed by atoms with Gasteiger partial charge in [0.05, 0.1) is 0 Å². The van der Waals surface area contributed by atoms with Crippen molar-refractivity contribution >= 4 is 18.3 Å². The maximum absolute atomic E-state index is 11.9. The first-order valence-corrected chi connectivity index (χ1v) is 7.09. The maximum Gasteiger partial charge on any atom is 0.260 e. The van der Waals surface area contributed by atoms with Crippen molar-refractivity contribution in [2.45, 2.75) is 33.2 Å². The van der Waals surface area contributed by atoms with Crippen LogP contribution in [-0.2, 0) is 4.79 Å². The molecule has 0 saturated carbocycles. The molecule has 21 heavy (non-hydrogen) atoms. The number of amides is 1. The Bertz CT molecular complexity index is 438. The summed E-state index contributed by atoms with van der Waals surface area (Å²) in [6.45, 7) is 6.90. The number of hydrogen-bond donors (Lipinski definition) is 1. The third-order valence-corrected chi connectivity index (χ3v) is 3.43. The molecule has 0 aliphatic rings. The van der Waals surface area contributed by atoms with Gasteiger partial charge in [-0.15, -0.1) is 12.4 Å². The van der Waals surface area contributed by atoms with Crippen molar-refractivity contribution in [3.63, 3.8) is 0 Å². The van der Waals surface area contributed by atoms with Crippen LogP contribution < -0.4 is 10.5 Å². The van der Waals surface area contributed by atoms with Gasteiger partial charge in [0.15, 0.2) is 6.61 Å². The largest absolute Gasteiger partial charge is 0.484 e. The normalized spacial score (nSPS) is 11.7. The van der Waals surface area contributed by atoms with E-state index >= 15 is 0 Å². The van der Waals surface area contributed by atoms with Crippen molar-refractivity contribution in [2.75, 3.05) is 20.2 Å². The van der Waals surface area contributed by atoms with E-state index in [1.807, 2.05) is 31.2 Å². The molecule has 0 saturated heterocycles. The van der Waals surface area contributed by atoms with Crippen LogP contribution in [0.1, 0.15) is 25.8 Å². The second-order valence-corrected chi connectivity index (χ2v) is 5.62. The Labute approximate surface area is 134 Å². The van der Waals surface area contributed by atoms with Crippen LogP contribution in [0, 0.1) is 12.8 Å². The third-order valence-electron chi connectivity index (χ3n) is 3.43. The number of carbonyl (C=O) groups is 1. The average molecular weight is 315 g/mol. The van der Waals surface area contributed by atoms with Crippen molar-refractivity contribution < 1.29 is 9.53 Å². The van der Waals surface area contributed by atoms with Gasteiger partial charge in [0.1, 0.15) is 5.75 Å². The zero-order valence-corrected chi connectivity index (χ0v) is 14.2. The van der Waals surface area contributed by atoms with E-state index in [0.717, 1.165) is 17.7 Å². The van der Waals surface area contributed by atoms with Crippen LogP contribution in [0.2, 0.25) is 0 Å². The molecule has 1 rings (SSSR count). The molecule has 0 aromatic heterocycles. The van der Waals surface area contributed by atoms with Gasteiger partial charge in [-0.05, 0) is 37.0 Å². The van der Waals surface area contributed by atoms with E-state index < -0.39 is 0 Å². The Balaban J connectivity index is 0.00000400. The molecule has 0 fully saturated rings. The molecule has 0 heterocycles. The van der Waals surface area contributed by atoms with Gasteiger partial charge in [0.2, 0.25) is 0 Å². The fourth-order valence-electron chi connectivity index (χ4n) is 1.76. The quantitative estimate of drug-likeness (QED) is 0.841. The molecule has 0 spiro atoms. The van der Waals surface area contributed by atoms with Crippen LogP contribution in [0.3, 0.4) is 0 Å². The van der Waals surface area contributed by atoms with E-state index in [-0.39, 0.29) is 31.0 Å². The molecular formula is C16H27ClN2O2. The number of ether oxygens (including phenoxy) is 1. The summed E-state index contributed by atoms with van der Waals surface area (Å²) in [6.07, 6.45) is 0.810. The van der Waals surface area contributed by atoms with Crippen LogP contribution in [0.4, 0.5) is 0 Å². The van der Waals surface area contributed by atoms with Crippen LogP contribution in [0.5, 0.6) is 5.75 Å². The zero-order valence-electron chi connectivity index (χ0n) is 13.3. The topological polar surface area (TPSA) is 55.6 Å². The van der Waals surface area contributed by atoms with Gasteiger partial charge in [0, 0.05) is 19.6 Å². The van der Waals surface area contributed by atoms with Crippen molar-refractivity contribution in [2.24, 2.45) is 11.7 Å². The summed E-state index contributed by atoms with van der Waals surface area (Å²) >= 11 is 0. The monoisotopic (exact) mass is 314 g/mol. The second-order valence-electron chi connectivity index (χ2n) is 5.62. The van der Waals surface area contributed by atoms with Gasteiger partial charge in [-0.25, -0.2) is 0 Å². The molecule has 0 radical (unpaired) electrons. The van der Waals surface area contributed by atoms with E-state index in [9.17, 15) is 4.79 Å². The van der Waals surface area contributed by atoms with Crippen LogP contribution in [0.25, 0.3) is 0 Å². The van der Waals surface area contributed by atoms with Crippen molar-refractivity contribution in [3.05, 3.63) is 29.8 Å². The molecular weight excluding hydrogens is 288 g/mol. The molecule has 120 valence electrons. The number of benzene rings is 1. The zero-order chi connectivity index (χ0) is 15.1. The highest BCUT2D eigenvalue weighted by Crippen LogP contribution is 2.12. The number of aryl methyl sites for hydroxylation is 1. The second kappa shape index (κ2) is 9.64. The summed E-state index contributed by atoms with van der Waals surface area (Å²) in [5.41, 5.74) is 7.09. The smallest absolute Gasteiger partial charge is 0.260 e. The lowest BCUT2D eigenvalue weighted by Gasteiger charge is -2.21. The molecule has 1 amide bonds. The summed E-state index contributed by atoms with van der Waals surface area (Å²) in [4.78, 5) is 13.6. The molecule has 0 bridgehead atoms. The van der Waals surface area contributed by atoms with E-state index in [1.54, 1.807) is 11.9 Å². The number of nitrogens with zero attached hydrogens (tertiary/aromatic N) is 1. The predicted molar refractivity (Wildman–Crippen MR) is 89.0 cm³/mol. The molecule has 0 aliphatic heterocycles. The fourth-order valence-corrected chi connectivity index (χ4v) is 1.76. The Hall–Kier alpha value is -1.26. The number of nitrogens with two attached hydrogens (primary N) is 1. The predicted octanol–water partition coefficient (Wildman–Crippen LogP) is 2.63. The molecule has 1 aromatic rings. The summed E-state index contributed by atoms with van der Waals surface area (Å²) in [5.74, 6) is 1.13. The van der Waals surface area contributed by atoms with Crippen molar-refractivity contribution in [3.8, 4) is 5.75 Å². The fraction of sp³-hybridized carbons (Fsp3) is 0.562. The summed E-state index contributed by atoms with van der Waals surface area (Å²) in [7, 11) is 1.79. The van der Waals surface area contributed by atoms with Gasteiger partial charge < -0.3 is 15.4 Å². The Kier molecular flexibility index (Phi) is 9.06. The van der Waals surface area contributed by atoms with Crippen LogP contribution in [-0.4, -0.2) is 37.0 Å². The summed E-state index contributed by atoms with van der Waals surface area (Å²) < 4.78 is 5.50. The maximum atomic E-state index is 11.9. The molecule has 4 nitrogen and oxygen atoms in total. The Morgan fingerprint density at radius 3 is 2.62 bits per heavy atom. The number of rotatable bonds is 7. The summed E-state index contributed by atoms with van der Waals surface area (Å²) in [5, 5.41) is 0. The van der Waals surface area contributed by atoms with Crippen LogP contribution >= 0.6 is 12.4 Å². The number of hydrogen-bond acceptors (Lipinski definition) is 3. The first-order valence-electron chi connectivity index (χ1n) is 7.09. The van der Waals surface area contributed by atoms with Gasteiger partial charge in [-0.2, -0.15) is 0 Å². The first kappa shape index (κ1) is 19.7. The van der Waals surface area contributed by atoms with E-state index in [0.29, 0.717) is 12.5 Å². The Morgan fingerprint density at radius 2 is 2.05 bits per heavy atom.